The lowest BCUT2D eigenvalue weighted by molar-refractivity contribution is 0.411. The zero-order valence-electron chi connectivity index (χ0n) is 12.4. The molecule has 0 aliphatic heterocycles. The Labute approximate surface area is 133 Å². The molecule has 0 aliphatic rings. The molecule has 0 heterocycles. The number of hydrogen-bond acceptors (Lipinski definition) is 2. The Kier molecular flexibility index (Phi) is 5.37. The summed E-state index contributed by atoms with van der Waals surface area (Å²) in [5, 5.41) is 3.35. The van der Waals surface area contributed by atoms with E-state index in [1.165, 1.54) is 6.07 Å². The standard InChI is InChI=1S/C17H19BrFNO/c1-4-20-17(16-13(18)6-5-7-14(16)19)12-8-9-15(21-3)11(2)10-12/h5-10,17,20H,4H2,1-3H3. The average Bonchev–Trinajstić information content (AvgIpc) is 2.46. The average molecular weight is 352 g/mol. The molecule has 0 aliphatic carbocycles. The van der Waals surface area contributed by atoms with E-state index in [9.17, 15) is 4.39 Å². The number of aryl methyl sites for hydroxylation is 1. The van der Waals surface area contributed by atoms with Crippen molar-refractivity contribution in [2.75, 3.05) is 13.7 Å². The zero-order valence-corrected chi connectivity index (χ0v) is 14.0. The summed E-state index contributed by atoms with van der Waals surface area (Å²) >= 11 is 3.46. The maximum absolute atomic E-state index is 14.3. The molecular formula is C17H19BrFNO. The van der Waals surface area contributed by atoms with E-state index in [0.29, 0.717) is 5.56 Å². The van der Waals surface area contributed by atoms with Crippen molar-refractivity contribution in [2.45, 2.75) is 19.9 Å². The van der Waals surface area contributed by atoms with Crippen molar-refractivity contribution in [3.63, 3.8) is 0 Å². The summed E-state index contributed by atoms with van der Waals surface area (Å²) in [7, 11) is 1.65. The molecule has 0 aromatic heterocycles. The number of halogens is 2. The predicted molar refractivity (Wildman–Crippen MR) is 87.4 cm³/mol. The maximum atomic E-state index is 14.3. The van der Waals surface area contributed by atoms with Gasteiger partial charge in [0, 0.05) is 10.0 Å². The highest BCUT2D eigenvalue weighted by Crippen LogP contribution is 2.32. The zero-order chi connectivity index (χ0) is 15.4. The highest BCUT2D eigenvalue weighted by atomic mass is 79.9. The Morgan fingerprint density at radius 3 is 2.62 bits per heavy atom. The van der Waals surface area contributed by atoms with Gasteiger partial charge in [-0.25, -0.2) is 4.39 Å². The van der Waals surface area contributed by atoms with Crippen molar-refractivity contribution in [3.05, 3.63) is 63.4 Å². The molecule has 2 nitrogen and oxygen atoms in total. The van der Waals surface area contributed by atoms with Crippen LogP contribution in [0.5, 0.6) is 5.75 Å². The van der Waals surface area contributed by atoms with E-state index < -0.39 is 0 Å². The fourth-order valence-electron chi connectivity index (χ4n) is 2.46. The smallest absolute Gasteiger partial charge is 0.129 e. The molecule has 0 spiro atoms. The first-order valence-electron chi connectivity index (χ1n) is 6.90. The number of benzene rings is 2. The molecule has 2 aromatic carbocycles. The number of hydrogen-bond donors (Lipinski definition) is 1. The van der Waals surface area contributed by atoms with Crippen molar-refractivity contribution in [3.8, 4) is 5.75 Å². The SMILES string of the molecule is CCNC(c1ccc(OC)c(C)c1)c1c(F)cccc1Br. The Balaban J connectivity index is 2.51. The van der Waals surface area contributed by atoms with Gasteiger partial charge in [-0.15, -0.1) is 0 Å². The van der Waals surface area contributed by atoms with Crippen LogP contribution in [0, 0.1) is 12.7 Å². The quantitative estimate of drug-likeness (QED) is 0.849. The Morgan fingerprint density at radius 1 is 1.29 bits per heavy atom. The number of ether oxygens (including phenoxy) is 1. The molecule has 2 rings (SSSR count). The van der Waals surface area contributed by atoms with Crippen LogP contribution in [0.4, 0.5) is 4.39 Å². The van der Waals surface area contributed by atoms with Crippen molar-refractivity contribution < 1.29 is 9.13 Å². The molecule has 0 fully saturated rings. The van der Waals surface area contributed by atoms with E-state index in [-0.39, 0.29) is 11.9 Å². The van der Waals surface area contributed by atoms with E-state index in [4.69, 9.17) is 4.74 Å². The monoisotopic (exact) mass is 351 g/mol. The lowest BCUT2D eigenvalue weighted by atomic mass is 9.96. The first kappa shape index (κ1) is 16.0. The van der Waals surface area contributed by atoms with Crippen LogP contribution < -0.4 is 10.1 Å². The lowest BCUT2D eigenvalue weighted by Crippen LogP contribution is -2.23. The van der Waals surface area contributed by atoms with Gasteiger partial charge in [-0.05, 0) is 42.8 Å². The second-order valence-electron chi connectivity index (χ2n) is 4.86. The fraction of sp³-hybridized carbons (Fsp3) is 0.294. The molecule has 0 radical (unpaired) electrons. The minimum Gasteiger partial charge on any atom is -0.496 e. The lowest BCUT2D eigenvalue weighted by Gasteiger charge is -2.22. The van der Waals surface area contributed by atoms with Gasteiger partial charge in [0.2, 0.25) is 0 Å². The molecule has 0 amide bonds. The molecule has 2 aromatic rings. The largest absolute Gasteiger partial charge is 0.496 e. The first-order chi connectivity index (χ1) is 10.1. The van der Waals surface area contributed by atoms with Crippen LogP contribution in [0.15, 0.2) is 40.9 Å². The summed E-state index contributed by atoms with van der Waals surface area (Å²) < 4.78 is 20.3. The Hall–Kier alpha value is -1.39. The van der Waals surface area contributed by atoms with Gasteiger partial charge in [-0.1, -0.05) is 41.1 Å². The minimum absolute atomic E-state index is 0.199. The van der Waals surface area contributed by atoms with Crippen molar-refractivity contribution in [1.29, 1.82) is 0 Å². The molecule has 1 N–H and O–H groups in total. The summed E-state index contributed by atoms with van der Waals surface area (Å²) in [4.78, 5) is 0. The van der Waals surface area contributed by atoms with Gasteiger partial charge in [0.1, 0.15) is 11.6 Å². The maximum Gasteiger partial charge on any atom is 0.129 e. The third-order valence-corrected chi connectivity index (χ3v) is 4.14. The van der Waals surface area contributed by atoms with E-state index >= 15 is 0 Å². The van der Waals surface area contributed by atoms with Crippen LogP contribution in [0.2, 0.25) is 0 Å². The van der Waals surface area contributed by atoms with Gasteiger partial charge < -0.3 is 10.1 Å². The molecular weight excluding hydrogens is 333 g/mol. The van der Waals surface area contributed by atoms with E-state index in [0.717, 1.165) is 27.9 Å². The molecule has 4 heteroatoms. The normalized spacial score (nSPS) is 12.2. The highest BCUT2D eigenvalue weighted by molar-refractivity contribution is 9.10. The molecule has 0 saturated heterocycles. The topological polar surface area (TPSA) is 21.3 Å². The highest BCUT2D eigenvalue weighted by Gasteiger charge is 2.20. The molecule has 0 bridgehead atoms. The van der Waals surface area contributed by atoms with Gasteiger partial charge in [-0.2, -0.15) is 0 Å². The van der Waals surface area contributed by atoms with E-state index in [2.05, 4.69) is 21.2 Å². The van der Waals surface area contributed by atoms with Gasteiger partial charge in [0.15, 0.2) is 0 Å². The van der Waals surface area contributed by atoms with Crippen LogP contribution >= 0.6 is 15.9 Å². The van der Waals surface area contributed by atoms with Crippen molar-refractivity contribution in [1.82, 2.24) is 5.32 Å². The van der Waals surface area contributed by atoms with Crippen LogP contribution in [-0.2, 0) is 0 Å². The summed E-state index contributed by atoms with van der Waals surface area (Å²) in [6.07, 6.45) is 0. The van der Waals surface area contributed by atoms with Crippen LogP contribution in [0.1, 0.15) is 29.7 Å². The van der Waals surface area contributed by atoms with E-state index in [1.807, 2.05) is 38.1 Å². The van der Waals surface area contributed by atoms with Crippen LogP contribution in [0.25, 0.3) is 0 Å². The third kappa shape index (κ3) is 3.44. The Bertz CT molecular complexity index is 610. The molecule has 1 atom stereocenters. The van der Waals surface area contributed by atoms with Gasteiger partial charge in [0.25, 0.3) is 0 Å². The summed E-state index contributed by atoms with van der Waals surface area (Å²) in [6.45, 7) is 4.75. The predicted octanol–water partition coefficient (Wildman–Crippen LogP) is 4.60. The molecule has 21 heavy (non-hydrogen) atoms. The van der Waals surface area contributed by atoms with Gasteiger partial charge in [0.05, 0.1) is 13.2 Å². The molecule has 1 unspecified atom stereocenters. The molecule has 0 saturated carbocycles. The first-order valence-corrected chi connectivity index (χ1v) is 7.69. The Morgan fingerprint density at radius 2 is 2.05 bits per heavy atom. The van der Waals surface area contributed by atoms with Gasteiger partial charge in [-0.3, -0.25) is 0 Å². The number of nitrogens with one attached hydrogen (secondary N) is 1. The fourth-order valence-corrected chi connectivity index (χ4v) is 3.03. The van der Waals surface area contributed by atoms with E-state index in [1.54, 1.807) is 13.2 Å². The second kappa shape index (κ2) is 7.05. The number of rotatable bonds is 5. The summed E-state index contributed by atoms with van der Waals surface area (Å²) in [6, 6.07) is 10.8. The minimum atomic E-state index is -0.219. The van der Waals surface area contributed by atoms with Crippen LogP contribution in [-0.4, -0.2) is 13.7 Å². The van der Waals surface area contributed by atoms with Gasteiger partial charge >= 0.3 is 0 Å². The van der Waals surface area contributed by atoms with Crippen molar-refractivity contribution >= 4 is 15.9 Å². The summed E-state index contributed by atoms with van der Waals surface area (Å²) in [5.74, 6) is 0.616. The van der Waals surface area contributed by atoms with Crippen LogP contribution in [0.3, 0.4) is 0 Å². The number of methoxy groups -OCH3 is 1. The van der Waals surface area contributed by atoms with Crippen molar-refractivity contribution in [2.24, 2.45) is 0 Å². The second-order valence-corrected chi connectivity index (χ2v) is 5.71. The third-order valence-electron chi connectivity index (χ3n) is 3.45. The molecule has 112 valence electrons. The summed E-state index contributed by atoms with van der Waals surface area (Å²) in [5.41, 5.74) is 2.68.